The van der Waals surface area contributed by atoms with E-state index >= 15 is 0 Å². The largest absolute Gasteiger partial charge is 0.427 e. The number of halogens is 4. The number of aromatic nitrogens is 1. The van der Waals surface area contributed by atoms with Gasteiger partial charge in [-0.3, -0.25) is 10.1 Å². The van der Waals surface area contributed by atoms with Crippen molar-refractivity contribution < 1.29 is 18.0 Å². The number of thiophene rings is 1. The number of hydrogen-bond acceptors (Lipinski definition) is 4. The van der Waals surface area contributed by atoms with Crippen LogP contribution in [-0.4, -0.2) is 10.9 Å². The van der Waals surface area contributed by atoms with Crippen LogP contribution in [0.2, 0.25) is 0 Å². The van der Waals surface area contributed by atoms with Crippen molar-refractivity contribution in [1.82, 2.24) is 4.98 Å². The van der Waals surface area contributed by atoms with E-state index in [1.165, 1.54) is 0 Å². The smallest absolute Gasteiger partial charge is 0.298 e. The first-order valence-corrected chi connectivity index (χ1v) is 9.02. The minimum absolute atomic E-state index is 0.0846. The van der Waals surface area contributed by atoms with Crippen LogP contribution in [0, 0.1) is 0 Å². The van der Waals surface area contributed by atoms with Gasteiger partial charge in [0.05, 0.1) is 4.88 Å². The van der Waals surface area contributed by atoms with E-state index in [4.69, 9.17) is 0 Å². The molecule has 0 aliphatic rings. The lowest BCUT2D eigenvalue weighted by atomic mass is 10.2. The summed E-state index contributed by atoms with van der Waals surface area (Å²) in [5.74, 6) is -0.511. The topological polar surface area (TPSA) is 42.0 Å². The van der Waals surface area contributed by atoms with Gasteiger partial charge in [-0.15, -0.1) is 11.3 Å². The molecule has 3 nitrogen and oxygen atoms in total. The van der Waals surface area contributed by atoms with E-state index in [2.05, 4.69) is 26.2 Å². The SMILES string of the molecule is O=C(Nc1nc(-c2cccs2)c(C(F)(F)F)s1)c1ccc(Br)cc1. The number of alkyl halides is 3. The fraction of sp³-hybridized carbons (Fsp3) is 0.0667. The summed E-state index contributed by atoms with van der Waals surface area (Å²) in [5, 5.41) is 4.02. The highest BCUT2D eigenvalue weighted by Crippen LogP contribution is 2.43. The van der Waals surface area contributed by atoms with Crippen LogP contribution in [0.1, 0.15) is 15.2 Å². The van der Waals surface area contributed by atoms with E-state index in [0.717, 1.165) is 15.8 Å². The summed E-state index contributed by atoms with van der Waals surface area (Å²) in [6.07, 6.45) is -4.53. The molecule has 0 aliphatic carbocycles. The fourth-order valence-electron chi connectivity index (χ4n) is 1.92. The molecule has 1 amide bonds. The Morgan fingerprint density at radius 2 is 1.88 bits per heavy atom. The molecule has 0 spiro atoms. The first-order valence-electron chi connectivity index (χ1n) is 6.53. The summed E-state index contributed by atoms with van der Waals surface area (Å²) >= 11 is 4.84. The minimum atomic E-state index is -4.53. The van der Waals surface area contributed by atoms with Crippen molar-refractivity contribution in [3.8, 4) is 10.6 Å². The molecule has 2 aromatic heterocycles. The third kappa shape index (κ3) is 3.68. The van der Waals surface area contributed by atoms with Crippen molar-refractivity contribution >= 4 is 49.6 Å². The molecular formula is C15H8BrF3N2OS2. The highest BCUT2D eigenvalue weighted by atomic mass is 79.9. The third-order valence-corrected chi connectivity index (χ3v) is 5.39. The van der Waals surface area contributed by atoms with E-state index < -0.39 is 17.0 Å². The molecule has 0 saturated carbocycles. The standard InChI is InChI=1S/C15H8BrF3N2OS2/c16-9-5-3-8(4-6-9)13(22)21-14-20-11(10-2-1-7-23-10)12(24-14)15(17,18)19/h1-7H,(H,20,21,22). The first kappa shape index (κ1) is 17.1. The molecule has 0 unspecified atom stereocenters. The zero-order valence-corrected chi connectivity index (χ0v) is 14.9. The Hall–Kier alpha value is -1.71. The maximum Gasteiger partial charge on any atom is 0.427 e. The fourth-order valence-corrected chi connectivity index (χ4v) is 3.81. The average Bonchev–Trinajstić information content (AvgIpc) is 3.15. The summed E-state index contributed by atoms with van der Waals surface area (Å²) in [4.78, 5) is 15.7. The zero-order valence-electron chi connectivity index (χ0n) is 11.7. The van der Waals surface area contributed by atoms with Gasteiger partial charge in [0, 0.05) is 10.0 Å². The van der Waals surface area contributed by atoms with Gasteiger partial charge in [-0.1, -0.05) is 33.3 Å². The van der Waals surface area contributed by atoms with Crippen LogP contribution in [-0.2, 0) is 6.18 Å². The van der Waals surface area contributed by atoms with Gasteiger partial charge < -0.3 is 0 Å². The normalized spacial score (nSPS) is 11.5. The lowest BCUT2D eigenvalue weighted by Gasteiger charge is -2.03. The summed E-state index contributed by atoms with van der Waals surface area (Å²) in [6, 6.07) is 9.70. The second-order valence-corrected chi connectivity index (χ2v) is 7.50. The molecule has 24 heavy (non-hydrogen) atoms. The molecule has 0 radical (unpaired) electrons. The number of nitrogens with one attached hydrogen (secondary N) is 1. The molecule has 2 heterocycles. The van der Waals surface area contributed by atoms with Crippen LogP contribution in [0.25, 0.3) is 10.6 Å². The Balaban J connectivity index is 1.92. The van der Waals surface area contributed by atoms with E-state index in [-0.39, 0.29) is 10.8 Å². The van der Waals surface area contributed by atoms with Crippen molar-refractivity contribution in [3.05, 3.63) is 56.7 Å². The number of nitrogens with zero attached hydrogens (tertiary/aromatic N) is 1. The van der Waals surface area contributed by atoms with Crippen molar-refractivity contribution in [1.29, 1.82) is 0 Å². The van der Waals surface area contributed by atoms with Crippen LogP contribution in [0.4, 0.5) is 18.3 Å². The Morgan fingerprint density at radius 3 is 2.46 bits per heavy atom. The van der Waals surface area contributed by atoms with Gasteiger partial charge in [0.25, 0.3) is 5.91 Å². The molecule has 0 saturated heterocycles. The molecule has 0 aliphatic heterocycles. The van der Waals surface area contributed by atoms with Crippen LogP contribution in [0.5, 0.6) is 0 Å². The number of hydrogen-bond donors (Lipinski definition) is 1. The van der Waals surface area contributed by atoms with Gasteiger partial charge in [-0.2, -0.15) is 13.2 Å². The number of rotatable bonds is 3. The maximum absolute atomic E-state index is 13.2. The number of benzene rings is 1. The molecule has 1 N–H and O–H groups in total. The van der Waals surface area contributed by atoms with E-state index in [0.29, 0.717) is 21.8 Å². The van der Waals surface area contributed by atoms with Gasteiger partial charge in [-0.05, 0) is 35.7 Å². The number of carbonyl (C=O) groups excluding carboxylic acids is 1. The molecule has 0 atom stereocenters. The maximum atomic E-state index is 13.2. The molecule has 3 rings (SSSR count). The Morgan fingerprint density at radius 1 is 1.17 bits per heavy atom. The Kier molecular flexibility index (Phi) is 4.75. The monoisotopic (exact) mass is 432 g/mol. The van der Waals surface area contributed by atoms with E-state index in [9.17, 15) is 18.0 Å². The van der Waals surface area contributed by atoms with Gasteiger partial charge in [0.15, 0.2) is 5.13 Å². The van der Waals surface area contributed by atoms with Crippen LogP contribution < -0.4 is 5.32 Å². The predicted octanol–water partition coefficient (Wildman–Crippen LogP) is 5.91. The Bertz CT molecular complexity index is 858. The second-order valence-electron chi connectivity index (χ2n) is 4.63. The lowest BCUT2D eigenvalue weighted by Crippen LogP contribution is -2.11. The van der Waals surface area contributed by atoms with Gasteiger partial charge in [0.1, 0.15) is 10.6 Å². The summed E-state index contributed by atoms with van der Waals surface area (Å²) in [7, 11) is 0. The Labute approximate surface area is 151 Å². The van der Waals surface area contributed by atoms with Gasteiger partial charge >= 0.3 is 6.18 Å². The molecule has 0 fully saturated rings. The highest BCUT2D eigenvalue weighted by molar-refractivity contribution is 9.10. The molecule has 9 heteroatoms. The lowest BCUT2D eigenvalue weighted by molar-refractivity contribution is -0.134. The van der Waals surface area contributed by atoms with Crippen LogP contribution in [0.3, 0.4) is 0 Å². The minimum Gasteiger partial charge on any atom is -0.298 e. The highest BCUT2D eigenvalue weighted by Gasteiger charge is 2.38. The number of carbonyl (C=O) groups is 1. The van der Waals surface area contributed by atoms with Crippen molar-refractivity contribution in [2.24, 2.45) is 0 Å². The second kappa shape index (κ2) is 6.66. The summed E-state index contributed by atoms with van der Waals surface area (Å²) in [6.45, 7) is 0. The number of thiazole rings is 1. The predicted molar refractivity (Wildman–Crippen MR) is 92.5 cm³/mol. The zero-order chi connectivity index (χ0) is 17.3. The van der Waals surface area contributed by atoms with Gasteiger partial charge in [0.2, 0.25) is 0 Å². The van der Waals surface area contributed by atoms with Gasteiger partial charge in [-0.25, -0.2) is 4.98 Å². The average molecular weight is 433 g/mol. The molecule has 124 valence electrons. The number of amides is 1. The van der Waals surface area contributed by atoms with Crippen LogP contribution >= 0.6 is 38.6 Å². The quantitative estimate of drug-likeness (QED) is 0.559. The summed E-state index contributed by atoms with van der Waals surface area (Å²) < 4.78 is 40.4. The third-order valence-electron chi connectivity index (χ3n) is 2.97. The van der Waals surface area contributed by atoms with E-state index in [1.54, 1.807) is 41.8 Å². The molecular weight excluding hydrogens is 425 g/mol. The van der Waals surface area contributed by atoms with E-state index in [1.807, 2.05) is 0 Å². The van der Waals surface area contributed by atoms with Crippen molar-refractivity contribution in [3.63, 3.8) is 0 Å². The number of anilines is 1. The van der Waals surface area contributed by atoms with Crippen molar-refractivity contribution in [2.75, 3.05) is 5.32 Å². The van der Waals surface area contributed by atoms with Crippen molar-refractivity contribution in [2.45, 2.75) is 6.18 Å². The molecule has 1 aromatic carbocycles. The summed E-state index contributed by atoms with van der Waals surface area (Å²) in [5.41, 5.74) is 0.174. The van der Waals surface area contributed by atoms with Crippen LogP contribution in [0.15, 0.2) is 46.3 Å². The molecule has 3 aromatic rings. The first-order chi connectivity index (χ1) is 11.3. The molecule has 0 bridgehead atoms.